The van der Waals surface area contributed by atoms with Gasteiger partial charge in [0, 0.05) is 19.2 Å². The summed E-state index contributed by atoms with van der Waals surface area (Å²) in [5, 5.41) is 3.66. The average molecular weight is 197 g/mol. The Bertz CT molecular complexity index is 166. The van der Waals surface area contributed by atoms with E-state index in [2.05, 4.69) is 12.2 Å². The maximum absolute atomic E-state index is 5.60. The number of ether oxygens (including phenoxy) is 1. The first kappa shape index (κ1) is 10.4. The highest BCUT2D eigenvalue weighted by Gasteiger charge is 2.24. The van der Waals surface area contributed by atoms with Gasteiger partial charge in [-0.05, 0) is 38.0 Å². The molecule has 2 aliphatic rings. The molecule has 0 aromatic carbocycles. The molecule has 3 unspecified atom stereocenters. The van der Waals surface area contributed by atoms with Crippen LogP contribution in [0.5, 0.6) is 0 Å². The number of hydrogen-bond donors (Lipinski definition) is 1. The van der Waals surface area contributed by atoms with E-state index in [0.717, 1.165) is 25.1 Å². The largest absolute Gasteiger partial charge is 0.377 e. The zero-order valence-corrected chi connectivity index (χ0v) is 9.30. The van der Waals surface area contributed by atoms with Crippen molar-refractivity contribution >= 4 is 0 Å². The lowest BCUT2D eigenvalue weighted by atomic mass is 10.1. The molecule has 3 atom stereocenters. The Morgan fingerprint density at radius 1 is 1.29 bits per heavy atom. The zero-order chi connectivity index (χ0) is 9.80. The van der Waals surface area contributed by atoms with Crippen LogP contribution >= 0.6 is 0 Å². The number of rotatable bonds is 4. The second-order valence-electron chi connectivity index (χ2n) is 4.83. The molecule has 0 aromatic rings. The number of nitrogens with one attached hydrogen (secondary N) is 1. The third kappa shape index (κ3) is 2.71. The third-order valence-corrected chi connectivity index (χ3v) is 3.78. The summed E-state index contributed by atoms with van der Waals surface area (Å²) in [6, 6.07) is 0.782. The number of hydrogen-bond acceptors (Lipinski definition) is 2. The summed E-state index contributed by atoms with van der Waals surface area (Å²) in [7, 11) is 0. The molecule has 0 aromatic heterocycles. The Balaban J connectivity index is 1.61. The predicted octanol–water partition coefficient (Wildman–Crippen LogP) is 2.33. The van der Waals surface area contributed by atoms with Gasteiger partial charge in [0.1, 0.15) is 0 Å². The summed E-state index contributed by atoms with van der Waals surface area (Å²) in [6.45, 7) is 4.38. The first-order chi connectivity index (χ1) is 6.88. The predicted molar refractivity (Wildman–Crippen MR) is 58.4 cm³/mol. The van der Waals surface area contributed by atoms with Gasteiger partial charge in [-0.15, -0.1) is 0 Å². The fraction of sp³-hybridized carbons (Fsp3) is 1.00. The molecular formula is C12H23NO. The highest BCUT2D eigenvalue weighted by molar-refractivity contribution is 4.81. The minimum absolute atomic E-state index is 0.510. The molecule has 1 saturated carbocycles. The van der Waals surface area contributed by atoms with Crippen molar-refractivity contribution in [1.29, 1.82) is 0 Å². The summed E-state index contributed by atoms with van der Waals surface area (Å²) >= 11 is 0. The lowest BCUT2D eigenvalue weighted by Gasteiger charge is -2.16. The molecule has 1 saturated heterocycles. The molecule has 82 valence electrons. The molecule has 2 heteroatoms. The van der Waals surface area contributed by atoms with Gasteiger partial charge < -0.3 is 10.1 Å². The molecule has 14 heavy (non-hydrogen) atoms. The van der Waals surface area contributed by atoms with Gasteiger partial charge in [0.25, 0.3) is 0 Å². The molecule has 0 spiro atoms. The van der Waals surface area contributed by atoms with E-state index in [1.807, 2.05) is 0 Å². The monoisotopic (exact) mass is 197 g/mol. The van der Waals surface area contributed by atoms with Gasteiger partial charge in [-0.25, -0.2) is 0 Å². The quantitative estimate of drug-likeness (QED) is 0.747. The highest BCUT2D eigenvalue weighted by atomic mass is 16.5. The van der Waals surface area contributed by atoms with E-state index in [1.54, 1.807) is 0 Å². The molecule has 0 radical (unpaired) electrons. The molecule has 2 rings (SSSR count). The van der Waals surface area contributed by atoms with E-state index < -0.39 is 0 Å². The minimum Gasteiger partial charge on any atom is -0.377 e. The molecule has 1 aliphatic heterocycles. The molecular weight excluding hydrogens is 174 g/mol. The maximum Gasteiger partial charge on any atom is 0.0700 e. The van der Waals surface area contributed by atoms with Crippen molar-refractivity contribution in [2.45, 2.75) is 57.6 Å². The van der Waals surface area contributed by atoms with Crippen LogP contribution in [0.25, 0.3) is 0 Å². The minimum atomic E-state index is 0.510. The lowest BCUT2D eigenvalue weighted by Crippen LogP contribution is -2.33. The zero-order valence-electron chi connectivity index (χ0n) is 9.30. The average Bonchev–Trinajstić information content (AvgIpc) is 2.86. The lowest BCUT2D eigenvalue weighted by molar-refractivity contribution is 0.107. The molecule has 1 heterocycles. The molecule has 0 amide bonds. The van der Waals surface area contributed by atoms with E-state index in [4.69, 9.17) is 4.74 Å². The molecule has 2 fully saturated rings. The second-order valence-corrected chi connectivity index (χ2v) is 4.83. The van der Waals surface area contributed by atoms with Gasteiger partial charge in [-0.1, -0.05) is 13.3 Å². The summed E-state index contributed by atoms with van der Waals surface area (Å²) < 4.78 is 5.60. The van der Waals surface area contributed by atoms with E-state index in [9.17, 15) is 0 Å². The van der Waals surface area contributed by atoms with Crippen molar-refractivity contribution in [3.63, 3.8) is 0 Å². The van der Waals surface area contributed by atoms with Crippen LogP contribution in [0.2, 0.25) is 0 Å². The van der Waals surface area contributed by atoms with E-state index in [1.165, 1.54) is 38.5 Å². The topological polar surface area (TPSA) is 21.3 Å². The van der Waals surface area contributed by atoms with Crippen LogP contribution in [-0.2, 0) is 4.74 Å². The summed E-state index contributed by atoms with van der Waals surface area (Å²) in [6.07, 6.45) is 8.59. The molecule has 2 nitrogen and oxygen atoms in total. The fourth-order valence-corrected chi connectivity index (χ4v) is 2.73. The Kier molecular flexibility index (Phi) is 3.82. The second kappa shape index (κ2) is 5.13. The van der Waals surface area contributed by atoms with E-state index in [-0.39, 0.29) is 0 Å². The Labute approximate surface area is 87.4 Å². The van der Waals surface area contributed by atoms with Crippen LogP contribution in [0, 0.1) is 5.92 Å². The van der Waals surface area contributed by atoms with Gasteiger partial charge >= 0.3 is 0 Å². The molecule has 0 bridgehead atoms. The SMILES string of the molecule is CCC1CCC(NCC2CCCO2)C1. The van der Waals surface area contributed by atoms with Crippen molar-refractivity contribution in [2.75, 3.05) is 13.2 Å². The van der Waals surface area contributed by atoms with Crippen LogP contribution < -0.4 is 5.32 Å². The van der Waals surface area contributed by atoms with Crippen molar-refractivity contribution in [3.8, 4) is 0 Å². The maximum atomic E-state index is 5.60. The van der Waals surface area contributed by atoms with Gasteiger partial charge in [0.2, 0.25) is 0 Å². The van der Waals surface area contributed by atoms with Crippen LogP contribution in [0.3, 0.4) is 0 Å². The van der Waals surface area contributed by atoms with Crippen LogP contribution in [0.4, 0.5) is 0 Å². The van der Waals surface area contributed by atoms with Crippen molar-refractivity contribution in [1.82, 2.24) is 5.32 Å². The first-order valence-electron chi connectivity index (χ1n) is 6.23. The van der Waals surface area contributed by atoms with E-state index in [0.29, 0.717) is 6.10 Å². The van der Waals surface area contributed by atoms with Gasteiger partial charge in [0.05, 0.1) is 6.10 Å². The van der Waals surface area contributed by atoms with E-state index >= 15 is 0 Å². The first-order valence-corrected chi connectivity index (χ1v) is 6.23. The van der Waals surface area contributed by atoms with Crippen molar-refractivity contribution in [2.24, 2.45) is 5.92 Å². The Morgan fingerprint density at radius 3 is 2.86 bits per heavy atom. The van der Waals surface area contributed by atoms with Crippen molar-refractivity contribution in [3.05, 3.63) is 0 Å². The Hall–Kier alpha value is -0.0800. The summed E-state index contributed by atoms with van der Waals surface area (Å²) in [5.41, 5.74) is 0. The summed E-state index contributed by atoms with van der Waals surface area (Å²) in [4.78, 5) is 0. The fourth-order valence-electron chi connectivity index (χ4n) is 2.73. The van der Waals surface area contributed by atoms with Crippen LogP contribution in [-0.4, -0.2) is 25.3 Å². The van der Waals surface area contributed by atoms with Gasteiger partial charge in [-0.3, -0.25) is 0 Å². The molecule has 1 aliphatic carbocycles. The van der Waals surface area contributed by atoms with Gasteiger partial charge in [-0.2, -0.15) is 0 Å². The smallest absolute Gasteiger partial charge is 0.0700 e. The standard InChI is InChI=1S/C12H23NO/c1-2-10-5-6-11(8-10)13-9-12-4-3-7-14-12/h10-13H,2-9H2,1H3. The third-order valence-electron chi connectivity index (χ3n) is 3.78. The highest BCUT2D eigenvalue weighted by Crippen LogP contribution is 2.27. The van der Waals surface area contributed by atoms with Crippen LogP contribution in [0.15, 0.2) is 0 Å². The molecule has 1 N–H and O–H groups in total. The summed E-state index contributed by atoms with van der Waals surface area (Å²) in [5.74, 6) is 0.983. The Morgan fingerprint density at radius 2 is 2.21 bits per heavy atom. The van der Waals surface area contributed by atoms with Crippen molar-refractivity contribution < 1.29 is 4.74 Å². The van der Waals surface area contributed by atoms with Gasteiger partial charge in [0.15, 0.2) is 0 Å². The normalized spacial score (nSPS) is 37.9. The van der Waals surface area contributed by atoms with Crippen LogP contribution in [0.1, 0.15) is 45.4 Å².